The number of aromatic nitrogens is 3. The molecule has 2 aromatic heterocycles. The number of halogens is 1. The number of nitrogens with zero attached hydrogens (tertiary/aromatic N) is 3. The standard InChI is InChI=1S/C12H12BrN3O3/c13-8-4-3-7-14-11(8)12-15-9(19-16-12)5-1-2-6-10(17)18/h3-4,7H,1-2,5-6H2,(H,17,18). The molecule has 0 aliphatic carbocycles. The molecular formula is C12H12BrN3O3. The predicted octanol–water partition coefficient (Wildman–Crippen LogP) is 2.69. The van der Waals surface area contributed by atoms with Gasteiger partial charge in [0.2, 0.25) is 11.7 Å². The van der Waals surface area contributed by atoms with Gasteiger partial charge in [-0.05, 0) is 40.9 Å². The van der Waals surface area contributed by atoms with E-state index < -0.39 is 5.97 Å². The van der Waals surface area contributed by atoms with Gasteiger partial charge in [-0.3, -0.25) is 9.78 Å². The summed E-state index contributed by atoms with van der Waals surface area (Å²) in [5, 5.41) is 12.4. The Balaban J connectivity index is 1.96. The highest BCUT2D eigenvalue weighted by Crippen LogP contribution is 2.23. The van der Waals surface area contributed by atoms with Crippen LogP contribution >= 0.6 is 15.9 Å². The number of aryl methyl sites for hydroxylation is 1. The summed E-state index contributed by atoms with van der Waals surface area (Å²) in [4.78, 5) is 18.8. The summed E-state index contributed by atoms with van der Waals surface area (Å²) in [5.41, 5.74) is 0.628. The van der Waals surface area contributed by atoms with Gasteiger partial charge >= 0.3 is 5.97 Å². The minimum Gasteiger partial charge on any atom is -0.481 e. The topological polar surface area (TPSA) is 89.1 Å². The normalized spacial score (nSPS) is 10.6. The van der Waals surface area contributed by atoms with E-state index in [0.717, 1.165) is 4.47 Å². The van der Waals surface area contributed by atoms with Crippen LogP contribution < -0.4 is 0 Å². The molecule has 0 saturated heterocycles. The first kappa shape index (κ1) is 13.7. The quantitative estimate of drug-likeness (QED) is 0.821. The number of aliphatic carboxylic acids is 1. The molecule has 0 atom stereocenters. The van der Waals surface area contributed by atoms with Crippen molar-refractivity contribution in [3.05, 3.63) is 28.7 Å². The van der Waals surface area contributed by atoms with Crippen molar-refractivity contribution in [3.63, 3.8) is 0 Å². The molecule has 0 spiro atoms. The van der Waals surface area contributed by atoms with Crippen LogP contribution in [0.3, 0.4) is 0 Å². The highest BCUT2D eigenvalue weighted by molar-refractivity contribution is 9.10. The number of rotatable bonds is 6. The lowest BCUT2D eigenvalue weighted by atomic mass is 10.2. The number of hydrogen-bond donors (Lipinski definition) is 1. The Labute approximate surface area is 118 Å². The molecule has 100 valence electrons. The maximum absolute atomic E-state index is 10.4. The van der Waals surface area contributed by atoms with Gasteiger partial charge < -0.3 is 9.63 Å². The monoisotopic (exact) mass is 325 g/mol. The SMILES string of the molecule is O=C(O)CCCCc1nc(-c2ncccc2Br)no1. The van der Waals surface area contributed by atoms with E-state index in [-0.39, 0.29) is 6.42 Å². The number of carboxylic acids is 1. The van der Waals surface area contributed by atoms with Gasteiger partial charge in [-0.2, -0.15) is 4.98 Å². The Morgan fingerprint density at radius 1 is 1.42 bits per heavy atom. The first-order valence-electron chi connectivity index (χ1n) is 5.82. The lowest BCUT2D eigenvalue weighted by molar-refractivity contribution is -0.137. The van der Waals surface area contributed by atoms with Gasteiger partial charge in [0, 0.05) is 23.5 Å². The van der Waals surface area contributed by atoms with E-state index in [2.05, 4.69) is 31.1 Å². The van der Waals surface area contributed by atoms with Crippen molar-refractivity contribution in [2.45, 2.75) is 25.7 Å². The molecule has 6 nitrogen and oxygen atoms in total. The second-order valence-corrected chi connectivity index (χ2v) is 4.80. The summed E-state index contributed by atoms with van der Waals surface area (Å²) in [5.74, 6) is 0.141. The molecule has 2 heterocycles. The third-order valence-electron chi connectivity index (χ3n) is 2.47. The van der Waals surface area contributed by atoms with Crippen LogP contribution in [0.1, 0.15) is 25.2 Å². The fourth-order valence-electron chi connectivity index (χ4n) is 1.56. The number of carboxylic acid groups (broad SMARTS) is 1. The number of pyridine rings is 1. The van der Waals surface area contributed by atoms with Crippen molar-refractivity contribution in [1.82, 2.24) is 15.1 Å². The van der Waals surface area contributed by atoms with Crippen LogP contribution in [-0.4, -0.2) is 26.2 Å². The Kier molecular flexibility index (Phi) is 4.62. The summed E-state index contributed by atoms with van der Waals surface area (Å²) in [6, 6.07) is 3.66. The molecule has 0 radical (unpaired) electrons. The summed E-state index contributed by atoms with van der Waals surface area (Å²) in [6.07, 6.45) is 3.69. The summed E-state index contributed by atoms with van der Waals surface area (Å²) >= 11 is 3.37. The van der Waals surface area contributed by atoms with Crippen LogP contribution in [0.25, 0.3) is 11.5 Å². The third-order valence-corrected chi connectivity index (χ3v) is 3.11. The van der Waals surface area contributed by atoms with E-state index in [0.29, 0.717) is 36.7 Å². The third kappa shape index (κ3) is 3.85. The largest absolute Gasteiger partial charge is 0.481 e. The highest BCUT2D eigenvalue weighted by Gasteiger charge is 2.12. The van der Waals surface area contributed by atoms with Crippen molar-refractivity contribution in [1.29, 1.82) is 0 Å². The van der Waals surface area contributed by atoms with E-state index in [4.69, 9.17) is 9.63 Å². The molecule has 0 unspecified atom stereocenters. The predicted molar refractivity (Wildman–Crippen MR) is 70.4 cm³/mol. The molecule has 2 aromatic rings. The smallest absolute Gasteiger partial charge is 0.303 e. The zero-order chi connectivity index (χ0) is 13.7. The van der Waals surface area contributed by atoms with Gasteiger partial charge in [0.05, 0.1) is 0 Å². The van der Waals surface area contributed by atoms with Crippen LogP contribution in [0.2, 0.25) is 0 Å². The first-order valence-corrected chi connectivity index (χ1v) is 6.61. The lowest BCUT2D eigenvalue weighted by Gasteiger charge is -1.95. The van der Waals surface area contributed by atoms with Gasteiger partial charge in [-0.25, -0.2) is 0 Å². The number of hydrogen-bond acceptors (Lipinski definition) is 5. The summed E-state index contributed by atoms with van der Waals surface area (Å²) in [7, 11) is 0. The van der Waals surface area contributed by atoms with Crippen LogP contribution in [0.4, 0.5) is 0 Å². The van der Waals surface area contributed by atoms with Crippen molar-refractivity contribution in [2.75, 3.05) is 0 Å². The molecular weight excluding hydrogens is 314 g/mol. The molecule has 2 rings (SSSR count). The van der Waals surface area contributed by atoms with Gasteiger partial charge in [0.1, 0.15) is 5.69 Å². The van der Waals surface area contributed by atoms with Gasteiger partial charge in [-0.15, -0.1) is 0 Å². The molecule has 0 amide bonds. The average molecular weight is 326 g/mol. The fraction of sp³-hybridized carbons (Fsp3) is 0.333. The number of unbranched alkanes of at least 4 members (excludes halogenated alkanes) is 1. The molecule has 0 aliphatic heterocycles. The fourth-order valence-corrected chi connectivity index (χ4v) is 1.99. The molecule has 0 aromatic carbocycles. The average Bonchev–Trinajstić information content (AvgIpc) is 2.83. The molecule has 1 N–H and O–H groups in total. The Morgan fingerprint density at radius 2 is 2.26 bits per heavy atom. The lowest BCUT2D eigenvalue weighted by Crippen LogP contribution is -1.95. The van der Waals surface area contributed by atoms with Crippen molar-refractivity contribution in [2.24, 2.45) is 0 Å². The van der Waals surface area contributed by atoms with E-state index >= 15 is 0 Å². The molecule has 19 heavy (non-hydrogen) atoms. The van der Waals surface area contributed by atoms with E-state index in [1.165, 1.54) is 0 Å². The summed E-state index contributed by atoms with van der Waals surface area (Å²) in [6.45, 7) is 0. The van der Waals surface area contributed by atoms with Crippen molar-refractivity contribution < 1.29 is 14.4 Å². The zero-order valence-corrected chi connectivity index (χ0v) is 11.6. The minimum atomic E-state index is -0.788. The van der Waals surface area contributed by atoms with E-state index in [1.807, 2.05) is 6.07 Å². The van der Waals surface area contributed by atoms with E-state index in [1.54, 1.807) is 12.3 Å². The second-order valence-electron chi connectivity index (χ2n) is 3.95. The minimum absolute atomic E-state index is 0.160. The van der Waals surface area contributed by atoms with Crippen LogP contribution in [0, 0.1) is 0 Å². The van der Waals surface area contributed by atoms with Crippen molar-refractivity contribution in [3.8, 4) is 11.5 Å². The molecule has 0 fully saturated rings. The Hall–Kier alpha value is -1.76. The maximum atomic E-state index is 10.4. The van der Waals surface area contributed by atoms with E-state index in [9.17, 15) is 4.79 Å². The van der Waals surface area contributed by atoms with Crippen LogP contribution in [0.15, 0.2) is 27.3 Å². The second kappa shape index (κ2) is 6.42. The Morgan fingerprint density at radius 3 is 3.00 bits per heavy atom. The highest BCUT2D eigenvalue weighted by atomic mass is 79.9. The maximum Gasteiger partial charge on any atom is 0.303 e. The molecule has 0 saturated carbocycles. The molecule has 0 bridgehead atoms. The Bertz CT molecular complexity index is 571. The van der Waals surface area contributed by atoms with Crippen LogP contribution in [0.5, 0.6) is 0 Å². The zero-order valence-electron chi connectivity index (χ0n) is 10.0. The van der Waals surface area contributed by atoms with Crippen LogP contribution in [-0.2, 0) is 11.2 Å². The van der Waals surface area contributed by atoms with Gasteiger partial charge in [0.15, 0.2) is 0 Å². The summed E-state index contributed by atoms with van der Waals surface area (Å²) < 4.78 is 5.91. The van der Waals surface area contributed by atoms with Crippen molar-refractivity contribution >= 4 is 21.9 Å². The van der Waals surface area contributed by atoms with Gasteiger partial charge in [0.25, 0.3) is 0 Å². The number of carbonyl (C=O) groups is 1. The molecule has 0 aliphatic rings. The van der Waals surface area contributed by atoms with Gasteiger partial charge in [-0.1, -0.05) is 5.16 Å². The molecule has 7 heteroatoms. The first-order chi connectivity index (χ1) is 9.16.